The van der Waals surface area contributed by atoms with Crippen LogP contribution in [0.1, 0.15) is 62.0 Å². The Bertz CT molecular complexity index is 917. The van der Waals surface area contributed by atoms with Gasteiger partial charge in [-0.15, -0.1) is 0 Å². The lowest BCUT2D eigenvalue weighted by Crippen LogP contribution is -2.35. The minimum absolute atomic E-state index is 0.0134. The van der Waals surface area contributed by atoms with Gasteiger partial charge in [-0.25, -0.2) is 4.68 Å². The number of rotatable bonds is 2. The van der Waals surface area contributed by atoms with Gasteiger partial charge in [0.05, 0.1) is 12.2 Å². The number of alkyl halides is 3. The fourth-order valence-corrected chi connectivity index (χ4v) is 5.09. The summed E-state index contributed by atoms with van der Waals surface area (Å²) in [6.07, 6.45) is -1.38. The minimum Gasteiger partial charge on any atom is -0.289 e. The number of hydrogen-bond donors (Lipinski definition) is 1. The maximum absolute atomic E-state index is 13.1. The summed E-state index contributed by atoms with van der Waals surface area (Å²) in [7, 11) is 1.77. The second kappa shape index (κ2) is 4.59. The highest BCUT2D eigenvalue weighted by Crippen LogP contribution is 2.66. The van der Waals surface area contributed by atoms with E-state index in [0.717, 1.165) is 24.1 Å². The molecule has 2 atom stereocenters. The van der Waals surface area contributed by atoms with Crippen LogP contribution < -0.4 is 5.56 Å². The van der Waals surface area contributed by atoms with E-state index in [2.05, 4.69) is 31.0 Å². The molecule has 2 aromatic rings. The molecule has 0 saturated heterocycles. The van der Waals surface area contributed by atoms with E-state index in [1.165, 1.54) is 10.9 Å². The zero-order chi connectivity index (χ0) is 18.4. The van der Waals surface area contributed by atoms with Crippen LogP contribution >= 0.6 is 0 Å². The van der Waals surface area contributed by atoms with Crippen molar-refractivity contribution >= 4 is 0 Å². The van der Waals surface area contributed by atoms with Gasteiger partial charge in [0.2, 0.25) is 0 Å². The van der Waals surface area contributed by atoms with Crippen molar-refractivity contribution < 1.29 is 13.2 Å². The monoisotopic (exact) mass is 354 g/mol. The molecule has 136 valence electrons. The van der Waals surface area contributed by atoms with Gasteiger partial charge in [-0.05, 0) is 24.2 Å². The summed E-state index contributed by atoms with van der Waals surface area (Å²) in [5, 5.41) is 5.58. The lowest BCUT2D eigenvalue weighted by atomic mass is 9.70. The summed E-state index contributed by atoms with van der Waals surface area (Å²) in [5.41, 5.74) is 0.471. The van der Waals surface area contributed by atoms with Crippen molar-refractivity contribution in [1.82, 2.24) is 19.6 Å². The summed E-state index contributed by atoms with van der Waals surface area (Å²) in [4.78, 5) is 13.0. The van der Waals surface area contributed by atoms with Crippen molar-refractivity contribution in [3.63, 3.8) is 0 Å². The van der Waals surface area contributed by atoms with Crippen LogP contribution in [0.2, 0.25) is 0 Å². The van der Waals surface area contributed by atoms with Gasteiger partial charge in [0.15, 0.2) is 5.69 Å². The van der Waals surface area contributed by atoms with Gasteiger partial charge in [0.25, 0.3) is 5.56 Å². The van der Waals surface area contributed by atoms with Gasteiger partial charge in [0, 0.05) is 29.8 Å². The predicted octanol–water partition coefficient (Wildman–Crippen LogP) is 3.15. The smallest absolute Gasteiger partial charge is 0.289 e. The van der Waals surface area contributed by atoms with Crippen LogP contribution in [0.5, 0.6) is 0 Å². The molecule has 1 N–H and O–H groups in total. The first-order valence-corrected chi connectivity index (χ1v) is 8.40. The zero-order valence-electron chi connectivity index (χ0n) is 14.7. The highest BCUT2D eigenvalue weighted by Gasteiger charge is 2.62. The fraction of sp³-hybridized carbons (Fsp3) is 0.647. The van der Waals surface area contributed by atoms with Crippen LogP contribution in [0.25, 0.3) is 0 Å². The van der Waals surface area contributed by atoms with Crippen LogP contribution in [0, 0.1) is 5.41 Å². The zero-order valence-corrected chi connectivity index (χ0v) is 14.7. The summed E-state index contributed by atoms with van der Waals surface area (Å²) in [5.74, 6) is 0.166. The van der Waals surface area contributed by atoms with Crippen LogP contribution in [-0.2, 0) is 25.2 Å². The van der Waals surface area contributed by atoms with Crippen LogP contribution in [0.4, 0.5) is 13.2 Å². The second-order valence-electron chi connectivity index (χ2n) is 8.05. The van der Waals surface area contributed by atoms with E-state index in [0.29, 0.717) is 0 Å². The maximum atomic E-state index is 13.1. The Labute approximate surface area is 142 Å². The van der Waals surface area contributed by atoms with E-state index in [1.807, 2.05) is 0 Å². The van der Waals surface area contributed by atoms with Crippen molar-refractivity contribution in [1.29, 1.82) is 0 Å². The van der Waals surface area contributed by atoms with Crippen LogP contribution in [0.3, 0.4) is 0 Å². The molecule has 1 saturated carbocycles. The van der Waals surface area contributed by atoms with Crippen molar-refractivity contribution in [3.8, 4) is 0 Å². The molecule has 0 aromatic carbocycles. The number of aromatic amines is 1. The average Bonchev–Trinajstić information content (AvgIpc) is 3.16. The third-order valence-electron chi connectivity index (χ3n) is 6.81. The number of H-pyrrole nitrogens is 1. The first kappa shape index (κ1) is 16.5. The van der Waals surface area contributed by atoms with E-state index >= 15 is 0 Å². The SMILES string of the molecule is Cn1c2c(c(=O)n1Cc1c[nH]nc1C(F)(F)F)[C@H]1CC[C@]2(C)C1(C)C. The topological polar surface area (TPSA) is 55.6 Å². The van der Waals surface area contributed by atoms with Crippen LogP contribution in [-0.4, -0.2) is 19.6 Å². The summed E-state index contributed by atoms with van der Waals surface area (Å²) < 4.78 is 42.4. The fourth-order valence-electron chi connectivity index (χ4n) is 5.09. The van der Waals surface area contributed by atoms with Crippen molar-refractivity contribution in [2.24, 2.45) is 12.5 Å². The molecular formula is C17H21F3N4O. The summed E-state index contributed by atoms with van der Waals surface area (Å²) in [6.45, 7) is 6.40. The van der Waals surface area contributed by atoms with Crippen LogP contribution in [0.15, 0.2) is 11.0 Å². The standard InChI is InChI=1S/C17H21F3N4O/c1-15(2)10-5-6-16(15,3)13-11(10)14(25)24(23(13)4)8-9-7-21-22-12(9)17(18,19)20/h7,10H,5-6,8H2,1-4H3,(H,21,22)/t10-,16+/m1/s1. The molecule has 0 aliphatic heterocycles. The molecule has 5 nitrogen and oxygen atoms in total. The molecule has 0 radical (unpaired) electrons. The molecule has 2 aliphatic rings. The first-order valence-electron chi connectivity index (χ1n) is 8.40. The maximum Gasteiger partial charge on any atom is 0.435 e. The van der Waals surface area contributed by atoms with Gasteiger partial charge in [-0.3, -0.25) is 14.6 Å². The van der Waals surface area contributed by atoms with E-state index < -0.39 is 11.9 Å². The Kier molecular flexibility index (Phi) is 3.02. The molecule has 0 amide bonds. The third kappa shape index (κ3) is 1.85. The van der Waals surface area contributed by atoms with E-state index in [1.54, 1.807) is 11.7 Å². The summed E-state index contributed by atoms with van der Waals surface area (Å²) in [6, 6.07) is 0. The van der Waals surface area contributed by atoms with Gasteiger partial charge in [0.1, 0.15) is 0 Å². The largest absolute Gasteiger partial charge is 0.435 e. The van der Waals surface area contributed by atoms with Gasteiger partial charge in [-0.2, -0.15) is 18.3 Å². The highest BCUT2D eigenvalue weighted by atomic mass is 19.4. The van der Waals surface area contributed by atoms with Gasteiger partial charge >= 0.3 is 6.18 Å². The normalized spacial score (nSPS) is 27.1. The number of halogens is 3. The average molecular weight is 354 g/mol. The van der Waals surface area contributed by atoms with Gasteiger partial charge < -0.3 is 0 Å². The first-order chi connectivity index (χ1) is 11.5. The molecule has 2 aliphatic carbocycles. The van der Waals surface area contributed by atoms with E-state index in [4.69, 9.17) is 0 Å². The quantitative estimate of drug-likeness (QED) is 0.901. The van der Waals surface area contributed by atoms with Crippen molar-refractivity contribution in [2.45, 2.75) is 57.7 Å². The van der Waals surface area contributed by atoms with Crippen molar-refractivity contribution in [3.05, 3.63) is 39.1 Å². The Hall–Kier alpha value is -1.99. The summed E-state index contributed by atoms with van der Waals surface area (Å²) >= 11 is 0. The Morgan fingerprint density at radius 2 is 2.04 bits per heavy atom. The number of fused-ring (bicyclic) bond motifs is 5. The number of aromatic nitrogens is 4. The molecular weight excluding hydrogens is 333 g/mol. The Morgan fingerprint density at radius 1 is 1.36 bits per heavy atom. The Balaban J connectivity index is 1.84. The lowest BCUT2D eigenvalue weighted by Gasteiger charge is -2.36. The number of nitrogens with one attached hydrogen (secondary N) is 1. The molecule has 2 bridgehead atoms. The molecule has 2 aromatic heterocycles. The third-order valence-corrected chi connectivity index (χ3v) is 6.81. The molecule has 8 heteroatoms. The lowest BCUT2D eigenvalue weighted by molar-refractivity contribution is -0.141. The second-order valence-corrected chi connectivity index (χ2v) is 8.05. The molecule has 25 heavy (non-hydrogen) atoms. The molecule has 0 spiro atoms. The molecule has 0 unspecified atom stereocenters. The van der Waals surface area contributed by atoms with E-state index in [9.17, 15) is 18.0 Å². The number of hydrogen-bond acceptors (Lipinski definition) is 2. The predicted molar refractivity (Wildman–Crippen MR) is 85.5 cm³/mol. The molecule has 1 fully saturated rings. The highest BCUT2D eigenvalue weighted by molar-refractivity contribution is 5.45. The van der Waals surface area contributed by atoms with E-state index in [-0.39, 0.29) is 34.4 Å². The number of nitrogens with zero attached hydrogens (tertiary/aromatic N) is 3. The molecule has 4 rings (SSSR count). The Morgan fingerprint density at radius 3 is 2.64 bits per heavy atom. The minimum atomic E-state index is -4.54. The molecule has 2 heterocycles. The van der Waals surface area contributed by atoms with Crippen molar-refractivity contribution in [2.75, 3.05) is 0 Å². The van der Waals surface area contributed by atoms with Gasteiger partial charge in [-0.1, -0.05) is 20.8 Å².